The molecule has 25 heavy (non-hydrogen) atoms. The van der Waals surface area contributed by atoms with Crippen molar-refractivity contribution >= 4 is 27.7 Å². The number of amides is 2. The molecule has 0 aliphatic rings. The maximum atomic E-state index is 12.0. The average Bonchev–Trinajstić information content (AvgIpc) is 2.60. The quantitative estimate of drug-likeness (QED) is 0.723. The van der Waals surface area contributed by atoms with Crippen LogP contribution in [0.15, 0.2) is 59.1 Å². The van der Waals surface area contributed by atoms with Crippen LogP contribution >= 0.6 is 15.9 Å². The predicted molar refractivity (Wildman–Crippen MR) is 100.0 cm³/mol. The third kappa shape index (κ3) is 6.23. The van der Waals surface area contributed by atoms with E-state index in [-0.39, 0.29) is 18.2 Å². The molecule has 0 saturated carbocycles. The monoisotopic (exact) mass is 404 g/mol. The van der Waals surface area contributed by atoms with Crippen molar-refractivity contribution in [3.05, 3.63) is 64.6 Å². The molecule has 6 heteroatoms. The van der Waals surface area contributed by atoms with Crippen LogP contribution in [0.4, 0.5) is 0 Å². The SMILES string of the molecule is C[C@H](CC(=O)NNC(=O)[C@@H](C)Oc1cccc(Br)c1)c1ccccc1. The molecule has 2 amide bonds. The van der Waals surface area contributed by atoms with Crippen LogP contribution in [0.1, 0.15) is 31.7 Å². The van der Waals surface area contributed by atoms with Crippen LogP contribution in [0.3, 0.4) is 0 Å². The molecule has 5 nitrogen and oxygen atoms in total. The van der Waals surface area contributed by atoms with Crippen molar-refractivity contribution < 1.29 is 14.3 Å². The van der Waals surface area contributed by atoms with Gasteiger partial charge >= 0.3 is 0 Å². The summed E-state index contributed by atoms with van der Waals surface area (Å²) in [7, 11) is 0. The largest absolute Gasteiger partial charge is 0.481 e. The summed E-state index contributed by atoms with van der Waals surface area (Å²) in [5.74, 6) is -0.0328. The summed E-state index contributed by atoms with van der Waals surface area (Å²) in [6, 6.07) is 17.0. The van der Waals surface area contributed by atoms with Gasteiger partial charge in [0.05, 0.1) is 0 Å². The first kappa shape index (κ1) is 19.0. The van der Waals surface area contributed by atoms with Gasteiger partial charge in [0.25, 0.3) is 5.91 Å². The van der Waals surface area contributed by atoms with Crippen molar-refractivity contribution in [2.24, 2.45) is 0 Å². The Labute approximate surface area is 155 Å². The zero-order valence-electron chi connectivity index (χ0n) is 14.2. The summed E-state index contributed by atoms with van der Waals surface area (Å²) in [5, 5.41) is 0. The van der Waals surface area contributed by atoms with Gasteiger partial charge in [0.2, 0.25) is 5.91 Å². The van der Waals surface area contributed by atoms with Crippen molar-refractivity contribution in [2.45, 2.75) is 32.3 Å². The summed E-state index contributed by atoms with van der Waals surface area (Å²) in [5.41, 5.74) is 5.91. The smallest absolute Gasteiger partial charge is 0.279 e. The first-order valence-corrected chi connectivity index (χ1v) is 8.81. The van der Waals surface area contributed by atoms with Gasteiger partial charge < -0.3 is 4.74 Å². The van der Waals surface area contributed by atoms with Gasteiger partial charge in [-0.25, -0.2) is 0 Å². The van der Waals surface area contributed by atoms with E-state index >= 15 is 0 Å². The van der Waals surface area contributed by atoms with Crippen LogP contribution < -0.4 is 15.6 Å². The molecule has 0 fully saturated rings. The fourth-order valence-electron chi connectivity index (χ4n) is 2.26. The van der Waals surface area contributed by atoms with Crippen molar-refractivity contribution in [3.63, 3.8) is 0 Å². The Bertz CT molecular complexity index is 722. The lowest BCUT2D eigenvalue weighted by molar-refractivity contribution is -0.132. The predicted octanol–water partition coefficient (Wildman–Crippen LogP) is 3.56. The second-order valence-corrected chi connectivity index (χ2v) is 6.69. The summed E-state index contributed by atoms with van der Waals surface area (Å²) in [4.78, 5) is 24.0. The summed E-state index contributed by atoms with van der Waals surface area (Å²) < 4.78 is 6.41. The lowest BCUT2D eigenvalue weighted by Gasteiger charge is -2.16. The van der Waals surface area contributed by atoms with E-state index in [4.69, 9.17) is 4.74 Å². The minimum atomic E-state index is -0.735. The zero-order chi connectivity index (χ0) is 18.2. The average molecular weight is 405 g/mol. The molecule has 2 aromatic carbocycles. The molecule has 0 heterocycles. The van der Waals surface area contributed by atoms with Gasteiger partial charge in [-0.2, -0.15) is 0 Å². The van der Waals surface area contributed by atoms with Gasteiger partial charge in [0.15, 0.2) is 6.10 Å². The van der Waals surface area contributed by atoms with Crippen LogP contribution in [0.25, 0.3) is 0 Å². The van der Waals surface area contributed by atoms with Crippen molar-refractivity contribution in [2.75, 3.05) is 0 Å². The van der Waals surface area contributed by atoms with Gasteiger partial charge in [-0.1, -0.05) is 59.3 Å². The molecule has 0 radical (unpaired) electrons. The highest BCUT2D eigenvalue weighted by Gasteiger charge is 2.16. The minimum Gasteiger partial charge on any atom is -0.481 e. The first-order valence-electron chi connectivity index (χ1n) is 8.01. The normalized spacial score (nSPS) is 12.8. The third-order valence-corrected chi connectivity index (χ3v) is 4.16. The Morgan fingerprint density at radius 2 is 1.76 bits per heavy atom. The number of benzene rings is 2. The number of nitrogens with one attached hydrogen (secondary N) is 2. The molecule has 2 atom stereocenters. The Morgan fingerprint density at radius 1 is 1.04 bits per heavy atom. The Balaban J connectivity index is 1.77. The Kier molecular flexibility index (Phi) is 7.01. The minimum absolute atomic E-state index is 0.0634. The van der Waals surface area contributed by atoms with Crippen LogP contribution in [-0.2, 0) is 9.59 Å². The number of ether oxygens (including phenoxy) is 1. The van der Waals surface area contributed by atoms with Gasteiger partial charge in [0.1, 0.15) is 5.75 Å². The number of halogens is 1. The fourth-order valence-corrected chi connectivity index (χ4v) is 2.64. The molecule has 0 aliphatic carbocycles. The van der Waals surface area contributed by atoms with Crippen LogP contribution in [-0.4, -0.2) is 17.9 Å². The van der Waals surface area contributed by atoms with Crippen molar-refractivity contribution in [1.29, 1.82) is 0 Å². The number of hydrogen-bond donors (Lipinski definition) is 2. The van der Waals surface area contributed by atoms with Gasteiger partial charge in [-0.15, -0.1) is 0 Å². The summed E-state index contributed by atoms with van der Waals surface area (Å²) in [6.45, 7) is 3.59. The van der Waals surface area contributed by atoms with E-state index < -0.39 is 12.0 Å². The van der Waals surface area contributed by atoms with Gasteiger partial charge in [-0.3, -0.25) is 20.4 Å². The summed E-state index contributed by atoms with van der Waals surface area (Å²) in [6.07, 6.45) is -0.452. The van der Waals surface area contributed by atoms with Crippen LogP contribution in [0.2, 0.25) is 0 Å². The Morgan fingerprint density at radius 3 is 2.44 bits per heavy atom. The Hall–Kier alpha value is -2.34. The lowest BCUT2D eigenvalue weighted by atomic mass is 9.98. The fraction of sp³-hybridized carbons (Fsp3) is 0.263. The second kappa shape index (κ2) is 9.22. The summed E-state index contributed by atoms with van der Waals surface area (Å²) >= 11 is 3.34. The first-order chi connectivity index (χ1) is 12.0. The van der Waals surface area contributed by atoms with Gasteiger partial charge in [0, 0.05) is 10.9 Å². The van der Waals surface area contributed by atoms with Crippen molar-refractivity contribution in [3.8, 4) is 5.75 Å². The maximum Gasteiger partial charge on any atom is 0.279 e. The van der Waals surface area contributed by atoms with Crippen LogP contribution in [0.5, 0.6) is 5.75 Å². The van der Waals surface area contributed by atoms with Crippen LogP contribution in [0, 0.1) is 0 Å². The molecular weight excluding hydrogens is 384 g/mol. The molecule has 2 N–H and O–H groups in total. The molecule has 0 bridgehead atoms. The van der Waals surface area contributed by atoms with E-state index in [0.29, 0.717) is 5.75 Å². The molecule has 0 aliphatic heterocycles. The van der Waals surface area contributed by atoms with Crippen molar-refractivity contribution in [1.82, 2.24) is 10.9 Å². The standard InChI is InChI=1S/C19H21BrN2O3/c1-13(15-7-4-3-5-8-15)11-18(23)21-22-19(24)14(2)25-17-10-6-9-16(20)12-17/h3-10,12-14H,11H2,1-2H3,(H,21,23)(H,22,24)/t13-,14-/m1/s1. The molecule has 132 valence electrons. The topological polar surface area (TPSA) is 67.4 Å². The molecular formula is C19H21BrN2O3. The number of rotatable bonds is 6. The molecule has 0 saturated heterocycles. The lowest BCUT2D eigenvalue weighted by Crippen LogP contribution is -2.47. The molecule has 2 rings (SSSR count). The second-order valence-electron chi connectivity index (χ2n) is 5.77. The van der Waals surface area contributed by atoms with E-state index in [1.807, 2.05) is 49.4 Å². The number of hydrazine groups is 1. The van der Waals surface area contributed by atoms with Gasteiger partial charge in [-0.05, 0) is 36.6 Å². The highest BCUT2D eigenvalue weighted by Crippen LogP contribution is 2.19. The van der Waals surface area contributed by atoms with E-state index in [9.17, 15) is 9.59 Å². The van der Waals surface area contributed by atoms with E-state index in [1.165, 1.54) is 0 Å². The van der Waals surface area contributed by atoms with E-state index in [2.05, 4.69) is 26.8 Å². The highest BCUT2D eigenvalue weighted by atomic mass is 79.9. The highest BCUT2D eigenvalue weighted by molar-refractivity contribution is 9.10. The van der Waals surface area contributed by atoms with E-state index in [0.717, 1.165) is 10.0 Å². The number of carbonyl (C=O) groups excluding carboxylic acids is 2. The number of carbonyl (C=O) groups is 2. The molecule has 2 aromatic rings. The van der Waals surface area contributed by atoms with E-state index in [1.54, 1.807) is 19.1 Å². The molecule has 0 spiro atoms. The number of hydrogen-bond acceptors (Lipinski definition) is 3. The molecule has 0 unspecified atom stereocenters. The maximum absolute atomic E-state index is 12.0. The third-order valence-electron chi connectivity index (χ3n) is 3.66. The zero-order valence-corrected chi connectivity index (χ0v) is 15.7. The molecule has 0 aromatic heterocycles.